The molecule has 0 spiro atoms. The molecule has 94 valence electrons. The van der Waals surface area contributed by atoms with Crippen LogP contribution in [-0.4, -0.2) is 20.2 Å². The van der Waals surface area contributed by atoms with Gasteiger partial charge in [0, 0.05) is 17.5 Å². The molecule has 1 aromatic carbocycles. The molecule has 5 heteroatoms. The summed E-state index contributed by atoms with van der Waals surface area (Å²) in [6.45, 7) is 1.95. The lowest BCUT2D eigenvalue weighted by Crippen LogP contribution is -2.32. The molecule has 1 aromatic rings. The Balaban J connectivity index is 2.07. The van der Waals surface area contributed by atoms with E-state index in [1.165, 1.54) is 5.41 Å². The van der Waals surface area contributed by atoms with Crippen LogP contribution < -0.4 is 5.32 Å². The van der Waals surface area contributed by atoms with Crippen molar-refractivity contribution in [1.82, 2.24) is 5.32 Å². The van der Waals surface area contributed by atoms with Crippen molar-refractivity contribution in [2.45, 2.75) is 19.0 Å². The first kappa shape index (κ1) is 12.8. The Kier molecular flexibility index (Phi) is 3.50. The minimum atomic E-state index is -3.03. The molecule has 0 saturated heterocycles. The van der Waals surface area contributed by atoms with Crippen molar-refractivity contribution in [2.75, 3.05) is 5.75 Å². The summed E-state index contributed by atoms with van der Waals surface area (Å²) in [4.78, 5) is 0. The summed E-state index contributed by atoms with van der Waals surface area (Å²) in [5.74, 6) is 0.106. The summed E-state index contributed by atoms with van der Waals surface area (Å²) in [7, 11) is -3.03. The molecule has 0 saturated carbocycles. The second kappa shape index (κ2) is 4.92. The van der Waals surface area contributed by atoms with E-state index in [0.717, 1.165) is 5.56 Å². The van der Waals surface area contributed by atoms with E-state index >= 15 is 0 Å². The highest BCUT2D eigenvalue weighted by Gasteiger charge is 2.22. The van der Waals surface area contributed by atoms with Gasteiger partial charge in [0.1, 0.15) is 0 Å². The Morgan fingerprint density at radius 1 is 1.50 bits per heavy atom. The number of hydrogen-bond acceptors (Lipinski definition) is 4. The molecule has 1 heterocycles. The minimum absolute atomic E-state index is 0.00116. The number of benzene rings is 1. The van der Waals surface area contributed by atoms with Gasteiger partial charge in [-0.05, 0) is 24.6 Å². The second-order valence-corrected chi connectivity index (χ2v) is 6.32. The van der Waals surface area contributed by atoms with Gasteiger partial charge in [0.05, 0.1) is 17.4 Å². The third-order valence-corrected chi connectivity index (χ3v) is 4.31. The third-order valence-electron chi connectivity index (χ3n) is 2.91. The molecule has 2 rings (SSSR count). The fraction of sp³-hybridized carbons (Fsp3) is 0.308. The molecule has 0 aromatic heterocycles. The van der Waals surface area contributed by atoms with Gasteiger partial charge in [0.15, 0.2) is 9.84 Å². The van der Waals surface area contributed by atoms with Gasteiger partial charge >= 0.3 is 0 Å². The highest BCUT2D eigenvalue weighted by atomic mass is 32.2. The van der Waals surface area contributed by atoms with Gasteiger partial charge in [-0.1, -0.05) is 18.2 Å². The number of nitrogens with one attached hydrogen (secondary N) is 1. The molecule has 0 fully saturated rings. The molecule has 4 nitrogen and oxygen atoms in total. The van der Waals surface area contributed by atoms with E-state index in [-0.39, 0.29) is 17.8 Å². The molecule has 1 aliphatic heterocycles. The smallest absolute Gasteiger partial charge is 0.173 e. The number of hydrogen-bond donors (Lipinski definition) is 1. The predicted molar refractivity (Wildman–Crippen MR) is 69.4 cm³/mol. The zero-order chi connectivity index (χ0) is 13.2. The van der Waals surface area contributed by atoms with Gasteiger partial charge in [-0.3, -0.25) is 0 Å². The van der Waals surface area contributed by atoms with E-state index in [4.69, 9.17) is 5.26 Å². The summed E-state index contributed by atoms with van der Waals surface area (Å²) in [5, 5.41) is 13.3. The molecule has 0 bridgehead atoms. The number of sulfone groups is 1. The Labute approximate surface area is 107 Å². The van der Waals surface area contributed by atoms with Crippen LogP contribution in [0.4, 0.5) is 0 Å². The molecule has 2 atom stereocenters. The number of nitriles is 1. The van der Waals surface area contributed by atoms with Crippen molar-refractivity contribution in [1.29, 1.82) is 5.26 Å². The average molecular weight is 262 g/mol. The third kappa shape index (κ3) is 2.97. The van der Waals surface area contributed by atoms with E-state index < -0.39 is 9.84 Å². The highest BCUT2D eigenvalue weighted by molar-refractivity contribution is 7.94. The van der Waals surface area contributed by atoms with Crippen LogP contribution in [0.25, 0.3) is 0 Å². The molecular formula is C13H14N2O2S. The SMILES string of the molecule is CC(NC1C=CS(=O)(=O)C1)c1cccc(C#N)c1. The fourth-order valence-corrected chi connectivity index (χ4v) is 3.22. The lowest BCUT2D eigenvalue weighted by Gasteiger charge is -2.18. The van der Waals surface area contributed by atoms with Crippen LogP contribution in [0, 0.1) is 11.3 Å². The average Bonchev–Trinajstić information content (AvgIpc) is 2.68. The Morgan fingerprint density at radius 3 is 2.89 bits per heavy atom. The fourth-order valence-electron chi connectivity index (χ4n) is 1.97. The van der Waals surface area contributed by atoms with Crippen molar-refractivity contribution in [2.24, 2.45) is 0 Å². The van der Waals surface area contributed by atoms with E-state index in [9.17, 15) is 8.42 Å². The van der Waals surface area contributed by atoms with E-state index in [1.54, 1.807) is 12.1 Å². The monoisotopic (exact) mass is 262 g/mol. The van der Waals surface area contributed by atoms with Crippen LogP contribution >= 0.6 is 0 Å². The maximum atomic E-state index is 11.3. The molecule has 0 aliphatic carbocycles. The predicted octanol–water partition coefficient (Wildman–Crippen LogP) is 1.52. The molecule has 18 heavy (non-hydrogen) atoms. The van der Waals surface area contributed by atoms with Crippen molar-refractivity contribution in [3.63, 3.8) is 0 Å². The summed E-state index contributed by atoms with van der Waals surface area (Å²) in [6.07, 6.45) is 1.67. The van der Waals surface area contributed by atoms with Gasteiger partial charge in [0.25, 0.3) is 0 Å². The number of rotatable bonds is 3. The summed E-state index contributed by atoms with van der Waals surface area (Å²) < 4.78 is 22.6. The first-order valence-corrected chi connectivity index (χ1v) is 7.39. The van der Waals surface area contributed by atoms with Crippen molar-refractivity contribution in [3.05, 3.63) is 46.9 Å². The lowest BCUT2D eigenvalue weighted by atomic mass is 10.1. The Bertz CT molecular complexity index is 614. The standard InChI is InChI=1S/C13H14N2O2S/c1-10(12-4-2-3-11(7-12)8-14)15-13-5-6-18(16,17)9-13/h2-7,10,13,15H,9H2,1H3. The Hall–Kier alpha value is -1.64. The Morgan fingerprint density at radius 2 is 2.28 bits per heavy atom. The quantitative estimate of drug-likeness (QED) is 0.896. The summed E-state index contributed by atoms with van der Waals surface area (Å²) >= 11 is 0. The highest BCUT2D eigenvalue weighted by Crippen LogP contribution is 2.17. The van der Waals surface area contributed by atoms with Crippen LogP contribution in [0.15, 0.2) is 35.7 Å². The largest absolute Gasteiger partial charge is 0.303 e. The van der Waals surface area contributed by atoms with Crippen LogP contribution in [0.1, 0.15) is 24.1 Å². The van der Waals surface area contributed by atoms with Crippen molar-refractivity contribution >= 4 is 9.84 Å². The molecule has 1 N–H and O–H groups in total. The van der Waals surface area contributed by atoms with Crippen LogP contribution in [0.5, 0.6) is 0 Å². The van der Waals surface area contributed by atoms with E-state index in [1.807, 2.05) is 25.1 Å². The van der Waals surface area contributed by atoms with Crippen LogP contribution in [-0.2, 0) is 9.84 Å². The van der Waals surface area contributed by atoms with Gasteiger partial charge in [-0.25, -0.2) is 8.42 Å². The lowest BCUT2D eigenvalue weighted by molar-refractivity contribution is 0.535. The first-order valence-electron chi connectivity index (χ1n) is 5.67. The normalized spacial score (nSPS) is 22.6. The van der Waals surface area contributed by atoms with Gasteiger partial charge in [0.2, 0.25) is 0 Å². The molecule has 1 aliphatic rings. The summed E-state index contributed by atoms with van der Waals surface area (Å²) in [5.41, 5.74) is 1.59. The van der Waals surface area contributed by atoms with Crippen molar-refractivity contribution < 1.29 is 8.42 Å². The number of nitrogens with zero attached hydrogens (tertiary/aromatic N) is 1. The van der Waals surface area contributed by atoms with Crippen molar-refractivity contribution in [3.8, 4) is 6.07 Å². The van der Waals surface area contributed by atoms with Gasteiger partial charge in [-0.15, -0.1) is 0 Å². The van der Waals surface area contributed by atoms with E-state index in [2.05, 4.69) is 11.4 Å². The first-order chi connectivity index (χ1) is 8.50. The zero-order valence-electron chi connectivity index (χ0n) is 10.00. The summed E-state index contributed by atoms with van der Waals surface area (Å²) in [6, 6.07) is 9.24. The topological polar surface area (TPSA) is 70.0 Å². The van der Waals surface area contributed by atoms with Crippen LogP contribution in [0.2, 0.25) is 0 Å². The zero-order valence-corrected chi connectivity index (χ0v) is 10.8. The molecule has 0 amide bonds. The van der Waals surface area contributed by atoms with Crippen LogP contribution in [0.3, 0.4) is 0 Å². The van der Waals surface area contributed by atoms with E-state index in [0.29, 0.717) is 5.56 Å². The minimum Gasteiger partial charge on any atom is -0.303 e. The molecular weight excluding hydrogens is 248 g/mol. The van der Waals surface area contributed by atoms with Gasteiger partial charge < -0.3 is 5.32 Å². The maximum Gasteiger partial charge on any atom is 0.173 e. The molecule has 2 unspecified atom stereocenters. The second-order valence-electron chi connectivity index (χ2n) is 4.39. The van der Waals surface area contributed by atoms with Gasteiger partial charge in [-0.2, -0.15) is 5.26 Å². The molecule has 0 radical (unpaired) electrons. The maximum absolute atomic E-state index is 11.3.